The minimum atomic E-state index is 0.193. The fourth-order valence-electron chi connectivity index (χ4n) is 3.76. The van der Waals surface area contributed by atoms with Crippen LogP contribution in [-0.4, -0.2) is 79.4 Å². The largest absolute Gasteiger partial charge is 0.496 e. The molecule has 172 valence electrons. The van der Waals surface area contributed by atoms with Crippen LogP contribution in [0.25, 0.3) is 6.08 Å². The smallest absolute Gasteiger partial charge is 0.222 e. The van der Waals surface area contributed by atoms with Crippen LogP contribution < -0.4 is 4.74 Å². The monoisotopic (exact) mass is 429 g/mol. The van der Waals surface area contributed by atoms with Gasteiger partial charge in [-0.15, -0.1) is 0 Å². The molecule has 1 heterocycles. The van der Waals surface area contributed by atoms with Crippen LogP contribution in [0.2, 0.25) is 0 Å². The molecule has 1 saturated heterocycles. The molecule has 31 heavy (non-hydrogen) atoms. The van der Waals surface area contributed by atoms with E-state index in [-0.39, 0.29) is 11.8 Å². The van der Waals surface area contributed by atoms with Gasteiger partial charge in [0.1, 0.15) is 5.75 Å². The summed E-state index contributed by atoms with van der Waals surface area (Å²) in [5, 5.41) is 0. The summed E-state index contributed by atoms with van der Waals surface area (Å²) in [5.41, 5.74) is 1.01. The molecule has 1 aliphatic rings. The molecule has 0 unspecified atom stereocenters. The third-order valence-electron chi connectivity index (χ3n) is 5.57. The minimum Gasteiger partial charge on any atom is -0.496 e. The average molecular weight is 430 g/mol. The van der Waals surface area contributed by atoms with Gasteiger partial charge in [0.2, 0.25) is 11.8 Å². The van der Waals surface area contributed by atoms with Crippen molar-refractivity contribution in [2.24, 2.45) is 5.92 Å². The highest BCUT2D eigenvalue weighted by Gasteiger charge is 2.22. The number of hydrogen-bond donors (Lipinski definition) is 0. The Morgan fingerprint density at radius 1 is 1.16 bits per heavy atom. The predicted octanol–water partition coefficient (Wildman–Crippen LogP) is 3.53. The van der Waals surface area contributed by atoms with Crippen LogP contribution in [-0.2, 0) is 9.59 Å². The second kappa shape index (κ2) is 13.2. The summed E-state index contributed by atoms with van der Waals surface area (Å²) in [6.07, 6.45) is 6.10. The molecule has 0 saturated carbocycles. The topological polar surface area (TPSA) is 53.1 Å². The second-order valence-electron chi connectivity index (χ2n) is 8.55. The molecule has 6 heteroatoms. The number of nitrogens with zero attached hydrogens (tertiary/aromatic N) is 3. The zero-order valence-corrected chi connectivity index (χ0v) is 19.7. The van der Waals surface area contributed by atoms with Gasteiger partial charge in [-0.05, 0) is 18.4 Å². The summed E-state index contributed by atoms with van der Waals surface area (Å²) in [7, 11) is 1.67. The van der Waals surface area contributed by atoms with Crippen molar-refractivity contribution in [3.05, 3.63) is 35.9 Å². The Kier molecular flexibility index (Phi) is 10.6. The molecule has 1 fully saturated rings. The second-order valence-corrected chi connectivity index (χ2v) is 8.55. The molecule has 0 aromatic heterocycles. The highest BCUT2D eigenvalue weighted by molar-refractivity contribution is 5.77. The number of hydrogen-bond acceptors (Lipinski definition) is 4. The molecule has 0 radical (unpaired) electrons. The Balaban J connectivity index is 1.87. The molecule has 1 aromatic rings. The fourth-order valence-corrected chi connectivity index (χ4v) is 3.76. The number of ether oxygens (including phenoxy) is 1. The number of benzene rings is 1. The molecule has 0 atom stereocenters. The molecule has 0 N–H and O–H groups in total. The van der Waals surface area contributed by atoms with Gasteiger partial charge in [0.25, 0.3) is 0 Å². The summed E-state index contributed by atoms with van der Waals surface area (Å²) in [6, 6.07) is 7.87. The Morgan fingerprint density at radius 2 is 1.87 bits per heavy atom. The van der Waals surface area contributed by atoms with Crippen molar-refractivity contribution in [3.63, 3.8) is 0 Å². The highest BCUT2D eigenvalue weighted by atomic mass is 16.5. The maximum atomic E-state index is 12.6. The van der Waals surface area contributed by atoms with E-state index in [4.69, 9.17) is 4.74 Å². The summed E-state index contributed by atoms with van der Waals surface area (Å²) < 4.78 is 5.40. The zero-order chi connectivity index (χ0) is 22.6. The SMILES string of the molecule is CCCC(=O)N(CC=Cc1ccccc1OC)CCN1CCN(C(=O)CC(C)C)CC1. The Labute approximate surface area is 187 Å². The number of rotatable bonds is 11. The van der Waals surface area contributed by atoms with Crippen LogP contribution in [0.1, 0.15) is 45.6 Å². The zero-order valence-electron chi connectivity index (χ0n) is 19.7. The Hall–Kier alpha value is -2.34. The highest BCUT2D eigenvalue weighted by Crippen LogP contribution is 2.18. The van der Waals surface area contributed by atoms with E-state index in [9.17, 15) is 9.59 Å². The maximum Gasteiger partial charge on any atom is 0.222 e. The number of piperazine rings is 1. The van der Waals surface area contributed by atoms with Crippen LogP contribution in [0.4, 0.5) is 0 Å². The fraction of sp³-hybridized carbons (Fsp3) is 0.600. The van der Waals surface area contributed by atoms with Crippen molar-refractivity contribution < 1.29 is 14.3 Å². The van der Waals surface area contributed by atoms with Crippen molar-refractivity contribution in [1.82, 2.24) is 14.7 Å². The van der Waals surface area contributed by atoms with Crippen molar-refractivity contribution in [2.45, 2.75) is 40.0 Å². The van der Waals surface area contributed by atoms with Crippen molar-refractivity contribution in [3.8, 4) is 5.75 Å². The standard InChI is InChI=1S/C25H39N3O3/c1-5-9-24(29)27(13-8-11-22-10-6-7-12-23(22)31-4)17-14-26-15-18-28(19-16-26)25(30)20-21(2)3/h6-8,10-12,21H,5,9,13-20H2,1-4H3. The minimum absolute atomic E-state index is 0.193. The van der Waals surface area contributed by atoms with E-state index in [1.807, 2.05) is 53.1 Å². The van der Waals surface area contributed by atoms with Gasteiger partial charge in [0.05, 0.1) is 7.11 Å². The van der Waals surface area contributed by atoms with Crippen LogP contribution in [0.5, 0.6) is 5.75 Å². The lowest BCUT2D eigenvalue weighted by Gasteiger charge is -2.36. The first-order valence-corrected chi connectivity index (χ1v) is 11.5. The molecule has 0 spiro atoms. The predicted molar refractivity (Wildman–Crippen MR) is 126 cm³/mol. The van der Waals surface area contributed by atoms with E-state index >= 15 is 0 Å². The van der Waals surface area contributed by atoms with Crippen LogP contribution in [0, 0.1) is 5.92 Å². The molecular weight excluding hydrogens is 390 g/mol. The lowest BCUT2D eigenvalue weighted by molar-refractivity contribution is -0.133. The van der Waals surface area contributed by atoms with Crippen LogP contribution >= 0.6 is 0 Å². The van der Waals surface area contributed by atoms with Gasteiger partial charge in [0, 0.05) is 64.2 Å². The average Bonchev–Trinajstić information content (AvgIpc) is 2.76. The summed E-state index contributed by atoms with van der Waals surface area (Å²) in [6.45, 7) is 11.6. The van der Waals surface area contributed by atoms with Crippen LogP contribution in [0.15, 0.2) is 30.3 Å². The van der Waals surface area contributed by atoms with Gasteiger partial charge in [-0.2, -0.15) is 0 Å². The summed E-state index contributed by atoms with van der Waals surface area (Å²) in [5.74, 6) is 1.68. The van der Waals surface area contributed by atoms with Gasteiger partial charge in [-0.3, -0.25) is 14.5 Å². The molecule has 0 bridgehead atoms. The van der Waals surface area contributed by atoms with E-state index in [0.29, 0.717) is 31.8 Å². The number of methoxy groups -OCH3 is 1. The number of carbonyl (C=O) groups excluding carboxylic acids is 2. The van der Waals surface area contributed by atoms with E-state index in [2.05, 4.69) is 18.7 Å². The van der Waals surface area contributed by atoms with E-state index in [0.717, 1.165) is 50.5 Å². The molecule has 1 aromatic carbocycles. The lowest BCUT2D eigenvalue weighted by Crippen LogP contribution is -2.50. The third kappa shape index (κ3) is 8.37. The van der Waals surface area contributed by atoms with E-state index in [1.54, 1.807) is 7.11 Å². The van der Waals surface area contributed by atoms with Gasteiger partial charge in [0.15, 0.2) is 0 Å². The molecular formula is C25H39N3O3. The third-order valence-corrected chi connectivity index (χ3v) is 5.57. The number of para-hydroxylation sites is 1. The first kappa shape index (κ1) is 24.9. The van der Waals surface area contributed by atoms with Crippen molar-refractivity contribution >= 4 is 17.9 Å². The van der Waals surface area contributed by atoms with Gasteiger partial charge in [-0.25, -0.2) is 0 Å². The summed E-state index contributed by atoms with van der Waals surface area (Å²) >= 11 is 0. The molecule has 2 rings (SSSR count). The maximum absolute atomic E-state index is 12.6. The molecule has 0 aliphatic carbocycles. The first-order chi connectivity index (χ1) is 14.9. The Bertz CT molecular complexity index is 724. The lowest BCUT2D eigenvalue weighted by atomic mass is 10.1. The van der Waals surface area contributed by atoms with E-state index in [1.165, 1.54) is 0 Å². The van der Waals surface area contributed by atoms with E-state index < -0.39 is 0 Å². The number of amides is 2. The quantitative estimate of drug-likeness (QED) is 0.540. The van der Waals surface area contributed by atoms with Crippen molar-refractivity contribution in [1.29, 1.82) is 0 Å². The number of carbonyl (C=O) groups is 2. The van der Waals surface area contributed by atoms with Gasteiger partial charge in [-0.1, -0.05) is 51.1 Å². The Morgan fingerprint density at radius 3 is 2.52 bits per heavy atom. The van der Waals surface area contributed by atoms with Crippen molar-refractivity contribution in [2.75, 3.05) is 52.9 Å². The molecule has 6 nitrogen and oxygen atoms in total. The normalized spacial score (nSPS) is 14.9. The molecule has 2 amide bonds. The van der Waals surface area contributed by atoms with Crippen LogP contribution in [0.3, 0.4) is 0 Å². The van der Waals surface area contributed by atoms with Gasteiger partial charge >= 0.3 is 0 Å². The first-order valence-electron chi connectivity index (χ1n) is 11.5. The van der Waals surface area contributed by atoms with Gasteiger partial charge < -0.3 is 14.5 Å². The molecule has 1 aliphatic heterocycles. The summed E-state index contributed by atoms with van der Waals surface area (Å²) in [4.78, 5) is 31.2.